The predicted octanol–water partition coefficient (Wildman–Crippen LogP) is 3.76. The van der Waals surface area contributed by atoms with Crippen LogP contribution in [0.25, 0.3) is 6.08 Å². The van der Waals surface area contributed by atoms with E-state index in [1.165, 1.54) is 0 Å². The van der Waals surface area contributed by atoms with Crippen LogP contribution in [0.2, 0.25) is 0 Å². The number of carboxylic acids is 1. The first-order valence-electron chi connectivity index (χ1n) is 8.42. The van der Waals surface area contributed by atoms with Crippen molar-refractivity contribution >= 4 is 18.0 Å². The number of aliphatic carboxylic acids is 1. The number of hydrogen-bond donors (Lipinski definition) is 2. The van der Waals surface area contributed by atoms with Gasteiger partial charge < -0.3 is 14.9 Å². The lowest BCUT2D eigenvalue weighted by Crippen LogP contribution is -2.06. The molecule has 0 bridgehead atoms. The lowest BCUT2D eigenvalue weighted by atomic mass is 9.88. The number of ether oxygens (including phenoxy) is 1. The average Bonchev–Trinajstić information content (AvgIpc) is 3.10. The third-order valence-electron chi connectivity index (χ3n) is 5.54. The quantitative estimate of drug-likeness (QED) is 0.629. The monoisotopic (exact) mass is 342 g/mol. The highest BCUT2D eigenvalue weighted by Gasteiger charge is 2.32. The SMILES string of the molecule is C=Cc1c(C)c2c(c(O)c1CC1=C(C)C(CC(=O)O)CC1)C(=O)OC2. The van der Waals surface area contributed by atoms with Crippen molar-refractivity contribution in [1.29, 1.82) is 0 Å². The Morgan fingerprint density at radius 3 is 2.76 bits per heavy atom. The highest BCUT2D eigenvalue weighted by Crippen LogP contribution is 2.42. The summed E-state index contributed by atoms with van der Waals surface area (Å²) in [5.74, 6) is -1.27. The lowest BCUT2D eigenvalue weighted by molar-refractivity contribution is -0.137. The first-order chi connectivity index (χ1) is 11.8. The molecular weight excluding hydrogens is 320 g/mol. The van der Waals surface area contributed by atoms with Crippen molar-refractivity contribution in [3.63, 3.8) is 0 Å². The van der Waals surface area contributed by atoms with Gasteiger partial charge in [0.15, 0.2) is 0 Å². The number of cyclic esters (lactones) is 1. The number of carbonyl (C=O) groups is 2. The van der Waals surface area contributed by atoms with Crippen molar-refractivity contribution in [2.24, 2.45) is 5.92 Å². The zero-order chi connectivity index (χ0) is 18.3. The zero-order valence-electron chi connectivity index (χ0n) is 14.5. The van der Waals surface area contributed by atoms with Gasteiger partial charge in [-0.05, 0) is 50.2 Å². The van der Waals surface area contributed by atoms with Crippen LogP contribution in [0.5, 0.6) is 5.75 Å². The molecule has 0 aromatic heterocycles. The molecule has 0 saturated heterocycles. The first-order valence-corrected chi connectivity index (χ1v) is 8.42. The maximum Gasteiger partial charge on any atom is 0.342 e. The number of phenolic OH excluding ortho intramolecular Hbond substituents is 1. The van der Waals surface area contributed by atoms with Gasteiger partial charge in [0.05, 0.1) is 6.42 Å². The predicted molar refractivity (Wildman–Crippen MR) is 93.4 cm³/mol. The second kappa shape index (κ2) is 6.39. The Morgan fingerprint density at radius 2 is 2.12 bits per heavy atom. The summed E-state index contributed by atoms with van der Waals surface area (Å²) in [6.45, 7) is 7.91. The van der Waals surface area contributed by atoms with Crippen LogP contribution in [0.3, 0.4) is 0 Å². The fraction of sp³-hybridized carbons (Fsp3) is 0.400. The minimum atomic E-state index is -0.795. The normalized spacial score (nSPS) is 19.1. The van der Waals surface area contributed by atoms with Gasteiger partial charge in [0.1, 0.15) is 17.9 Å². The standard InChI is InChI=1S/C20H22O5/c1-4-14-11(3)16-9-25-20(24)18(16)19(23)15(14)7-12-5-6-13(10(12)2)8-17(21)22/h4,13,23H,1,5-9H2,2-3H3,(H,21,22). The molecule has 2 N–H and O–H groups in total. The maximum absolute atomic E-state index is 12.0. The summed E-state index contributed by atoms with van der Waals surface area (Å²) in [6.07, 6.45) is 3.94. The van der Waals surface area contributed by atoms with E-state index in [9.17, 15) is 14.7 Å². The number of benzene rings is 1. The van der Waals surface area contributed by atoms with E-state index in [0.29, 0.717) is 12.0 Å². The number of carbonyl (C=O) groups excluding carboxylic acids is 1. The zero-order valence-corrected chi connectivity index (χ0v) is 14.5. The molecule has 1 heterocycles. The van der Waals surface area contributed by atoms with Gasteiger partial charge in [-0.1, -0.05) is 23.8 Å². The topological polar surface area (TPSA) is 83.8 Å². The first kappa shape index (κ1) is 17.3. The van der Waals surface area contributed by atoms with Crippen molar-refractivity contribution in [2.75, 3.05) is 0 Å². The lowest BCUT2D eigenvalue weighted by Gasteiger charge is -2.16. The summed E-state index contributed by atoms with van der Waals surface area (Å²) in [7, 11) is 0. The molecule has 132 valence electrons. The third kappa shape index (κ3) is 2.84. The average molecular weight is 342 g/mol. The van der Waals surface area contributed by atoms with E-state index in [4.69, 9.17) is 9.84 Å². The van der Waals surface area contributed by atoms with Crippen molar-refractivity contribution in [1.82, 2.24) is 0 Å². The van der Waals surface area contributed by atoms with Crippen LogP contribution in [0, 0.1) is 12.8 Å². The molecule has 0 radical (unpaired) electrons. The second-order valence-corrected chi connectivity index (χ2v) is 6.80. The molecule has 0 fully saturated rings. The number of fused-ring (bicyclic) bond motifs is 1. The molecule has 25 heavy (non-hydrogen) atoms. The maximum atomic E-state index is 12.0. The number of hydrogen-bond acceptors (Lipinski definition) is 4. The van der Waals surface area contributed by atoms with Crippen LogP contribution in [-0.4, -0.2) is 22.2 Å². The van der Waals surface area contributed by atoms with Crippen LogP contribution in [0.1, 0.15) is 58.8 Å². The van der Waals surface area contributed by atoms with Gasteiger partial charge in [0.25, 0.3) is 0 Å². The van der Waals surface area contributed by atoms with Gasteiger partial charge in [-0.15, -0.1) is 0 Å². The molecule has 1 unspecified atom stereocenters. The van der Waals surface area contributed by atoms with Crippen LogP contribution in [0.15, 0.2) is 17.7 Å². The molecular formula is C20H22O5. The van der Waals surface area contributed by atoms with Gasteiger partial charge in [0, 0.05) is 11.1 Å². The number of phenols is 1. The molecule has 1 aliphatic carbocycles. The van der Waals surface area contributed by atoms with E-state index in [2.05, 4.69) is 6.58 Å². The van der Waals surface area contributed by atoms with Gasteiger partial charge in [-0.25, -0.2) is 4.79 Å². The Kier molecular flexibility index (Phi) is 4.41. The summed E-state index contributed by atoms with van der Waals surface area (Å²) >= 11 is 0. The van der Waals surface area contributed by atoms with Gasteiger partial charge in [-0.3, -0.25) is 4.79 Å². The van der Waals surface area contributed by atoms with Gasteiger partial charge in [-0.2, -0.15) is 0 Å². The van der Waals surface area contributed by atoms with Crippen molar-refractivity contribution in [3.8, 4) is 5.75 Å². The Hall–Kier alpha value is -2.56. The summed E-state index contributed by atoms with van der Waals surface area (Å²) in [5.41, 5.74) is 5.61. The van der Waals surface area contributed by atoms with Crippen LogP contribution in [-0.2, 0) is 22.6 Å². The number of rotatable bonds is 5. The molecule has 0 amide bonds. The van der Waals surface area contributed by atoms with E-state index in [1.54, 1.807) is 6.08 Å². The van der Waals surface area contributed by atoms with Crippen molar-refractivity contribution in [3.05, 3.63) is 45.5 Å². The molecule has 2 aliphatic rings. The van der Waals surface area contributed by atoms with Crippen LogP contribution >= 0.6 is 0 Å². The smallest absolute Gasteiger partial charge is 0.342 e. The van der Waals surface area contributed by atoms with E-state index in [-0.39, 0.29) is 30.3 Å². The third-order valence-corrected chi connectivity index (χ3v) is 5.54. The number of esters is 1. The van der Waals surface area contributed by atoms with Gasteiger partial charge in [0.2, 0.25) is 0 Å². The van der Waals surface area contributed by atoms with Gasteiger partial charge >= 0.3 is 11.9 Å². The summed E-state index contributed by atoms with van der Waals surface area (Å²) in [5, 5.41) is 19.7. The fourth-order valence-corrected chi connectivity index (χ4v) is 4.02. The number of allylic oxidation sites excluding steroid dienone is 2. The minimum absolute atomic E-state index is 0.0278. The van der Waals surface area contributed by atoms with Crippen LogP contribution in [0.4, 0.5) is 0 Å². The minimum Gasteiger partial charge on any atom is -0.507 e. The van der Waals surface area contributed by atoms with E-state index < -0.39 is 11.9 Å². The highest BCUT2D eigenvalue weighted by molar-refractivity contribution is 5.98. The van der Waals surface area contributed by atoms with Crippen LogP contribution < -0.4 is 0 Å². The molecule has 0 saturated carbocycles. The van der Waals surface area contributed by atoms with Crippen molar-refractivity contribution < 1.29 is 24.5 Å². The summed E-state index contributed by atoms with van der Waals surface area (Å²) < 4.78 is 5.08. The highest BCUT2D eigenvalue weighted by atomic mass is 16.5. The second-order valence-electron chi connectivity index (χ2n) is 6.80. The Bertz CT molecular complexity index is 816. The molecule has 1 aliphatic heterocycles. The van der Waals surface area contributed by atoms with Crippen molar-refractivity contribution in [2.45, 2.75) is 46.1 Å². The molecule has 5 heteroatoms. The number of aromatic hydroxyl groups is 1. The molecule has 1 aromatic rings. The molecule has 3 rings (SSSR count). The Balaban J connectivity index is 2.04. The Morgan fingerprint density at radius 1 is 1.40 bits per heavy atom. The van der Waals surface area contributed by atoms with E-state index in [0.717, 1.165) is 40.7 Å². The van der Waals surface area contributed by atoms with E-state index >= 15 is 0 Å². The largest absolute Gasteiger partial charge is 0.507 e. The summed E-state index contributed by atoms with van der Waals surface area (Å²) in [4.78, 5) is 23.0. The molecule has 0 spiro atoms. The number of carboxylic acid groups (broad SMARTS) is 1. The summed E-state index contributed by atoms with van der Waals surface area (Å²) in [6, 6.07) is 0. The van der Waals surface area contributed by atoms with E-state index in [1.807, 2.05) is 13.8 Å². The molecule has 1 aromatic carbocycles. The molecule has 1 atom stereocenters. The Labute approximate surface area is 146 Å². The fourth-order valence-electron chi connectivity index (χ4n) is 4.02. The molecule has 5 nitrogen and oxygen atoms in total.